The summed E-state index contributed by atoms with van der Waals surface area (Å²) in [4.78, 5) is 23.2. The summed E-state index contributed by atoms with van der Waals surface area (Å²) in [6, 6.07) is 0. The molecule has 1 aliphatic rings. The Hall–Kier alpha value is -0.830. The third kappa shape index (κ3) is 4.50. The van der Waals surface area contributed by atoms with Crippen LogP contribution < -0.4 is 0 Å². The monoisotopic (exact) mass is 258 g/mol. The van der Waals surface area contributed by atoms with Gasteiger partial charge in [0.1, 0.15) is 5.57 Å². The van der Waals surface area contributed by atoms with Gasteiger partial charge in [-0.15, -0.1) is 11.6 Å². The van der Waals surface area contributed by atoms with Gasteiger partial charge in [0.25, 0.3) is 0 Å². The molecule has 0 spiro atoms. The highest BCUT2D eigenvalue weighted by Gasteiger charge is 2.21. The number of allylic oxidation sites excluding steroid dienone is 1. The number of esters is 1. The van der Waals surface area contributed by atoms with Crippen LogP contribution >= 0.6 is 11.6 Å². The van der Waals surface area contributed by atoms with Gasteiger partial charge in [-0.2, -0.15) is 0 Å². The Morgan fingerprint density at radius 3 is 2.47 bits per heavy atom. The highest BCUT2D eigenvalue weighted by molar-refractivity contribution is 6.34. The van der Waals surface area contributed by atoms with Crippen molar-refractivity contribution in [3.8, 4) is 0 Å². The number of Topliss-reactive ketones (excluding diaryl/α,β-unsaturated/α-hetero) is 1. The Labute approximate surface area is 107 Å². The number of carbonyl (C=O) groups excluding carboxylic acids is 2. The SMILES string of the molecule is CCOC(=O)C(=CC1CCCCC1)C(=O)CCl. The van der Waals surface area contributed by atoms with E-state index in [2.05, 4.69) is 0 Å². The molecular formula is C13H19ClO3. The van der Waals surface area contributed by atoms with Gasteiger partial charge in [-0.05, 0) is 25.7 Å². The maximum absolute atomic E-state index is 11.6. The van der Waals surface area contributed by atoms with Gasteiger partial charge in [-0.1, -0.05) is 25.3 Å². The van der Waals surface area contributed by atoms with Crippen LogP contribution in [0.5, 0.6) is 0 Å². The maximum atomic E-state index is 11.6. The van der Waals surface area contributed by atoms with Gasteiger partial charge in [-0.3, -0.25) is 4.79 Å². The molecule has 1 rings (SSSR count). The Morgan fingerprint density at radius 1 is 1.29 bits per heavy atom. The normalized spacial score (nSPS) is 17.9. The van der Waals surface area contributed by atoms with Crippen molar-refractivity contribution in [3.63, 3.8) is 0 Å². The van der Waals surface area contributed by atoms with Crippen molar-refractivity contribution in [2.24, 2.45) is 5.92 Å². The smallest absolute Gasteiger partial charge is 0.341 e. The van der Waals surface area contributed by atoms with E-state index in [0.29, 0.717) is 5.92 Å². The van der Waals surface area contributed by atoms with Gasteiger partial charge in [0, 0.05) is 0 Å². The minimum Gasteiger partial charge on any atom is -0.462 e. The number of hydrogen-bond acceptors (Lipinski definition) is 3. The summed E-state index contributed by atoms with van der Waals surface area (Å²) in [6.07, 6.45) is 7.40. The van der Waals surface area contributed by atoms with Crippen molar-refractivity contribution in [3.05, 3.63) is 11.6 Å². The van der Waals surface area contributed by atoms with Crippen LogP contribution in [-0.2, 0) is 14.3 Å². The lowest BCUT2D eigenvalue weighted by Crippen LogP contribution is -2.19. The van der Waals surface area contributed by atoms with E-state index < -0.39 is 5.97 Å². The number of halogens is 1. The lowest BCUT2D eigenvalue weighted by atomic mass is 9.87. The van der Waals surface area contributed by atoms with Crippen LogP contribution in [0.15, 0.2) is 11.6 Å². The van der Waals surface area contributed by atoms with Crippen molar-refractivity contribution in [1.82, 2.24) is 0 Å². The first-order valence-electron chi connectivity index (χ1n) is 6.17. The molecule has 0 atom stereocenters. The zero-order valence-corrected chi connectivity index (χ0v) is 11.0. The molecule has 0 N–H and O–H groups in total. The number of rotatable bonds is 5. The second-order valence-corrected chi connectivity index (χ2v) is 4.52. The lowest BCUT2D eigenvalue weighted by molar-refractivity contribution is -0.139. The van der Waals surface area contributed by atoms with Gasteiger partial charge in [-0.25, -0.2) is 4.79 Å². The summed E-state index contributed by atoms with van der Waals surface area (Å²) < 4.78 is 4.88. The summed E-state index contributed by atoms with van der Waals surface area (Å²) in [5, 5.41) is 0. The maximum Gasteiger partial charge on any atom is 0.341 e. The molecule has 0 aliphatic heterocycles. The molecule has 0 amide bonds. The first-order valence-corrected chi connectivity index (χ1v) is 6.70. The fraction of sp³-hybridized carbons (Fsp3) is 0.692. The summed E-state index contributed by atoms with van der Waals surface area (Å²) in [5.74, 6) is -0.730. The lowest BCUT2D eigenvalue weighted by Gasteiger charge is -2.19. The third-order valence-electron chi connectivity index (χ3n) is 2.97. The zero-order valence-electron chi connectivity index (χ0n) is 10.2. The molecule has 0 bridgehead atoms. The standard InChI is InChI=1S/C13H19ClO3/c1-2-17-13(16)11(12(15)9-14)8-10-6-4-3-5-7-10/h8,10H,2-7,9H2,1H3. The number of ether oxygens (including phenoxy) is 1. The largest absolute Gasteiger partial charge is 0.462 e. The summed E-state index contributed by atoms with van der Waals surface area (Å²) in [5.41, 5.74) is 0.133. The van der Waals surface area contributed by atoms with Gasteiger partial charge >= 0.3 is 5.97 Å². The molecule has 0 aromatic rings. The minimum absolute atomic E-state index is 0.133. The molecule has 0 saturated heterocycles. The van der Waals surface area contributed by atoms with Crippen LogP contribution in [0, 0.1) is 5.92 Å². The van der Waals surface area contributed by atoms with Crippen LogP contribution in [-0.4, -0.2) is 24.2 Å². The zero-order chi connectivity index (χ0) is 12.7. The summed E-state index contributed by atoms with van der Waals surface area (Å²) >= 11 is 5.51. The highest BCUT2D eigenvalue weighted by atomic mass is 35.5. The molecule has 0 heterocycles. The minimum atomic E-state index is -0.538. The van der Waals surface area contributed by atoms with Crippen LogP contribution in [0.1, 0.15) is 39.0 Å². The highest BCUT2D eigenvalue weighted by Crippen LogP contribution is 2.26. The summed E-state index contributed by atoms with van der Waals surface area (Å²) in [7, 11) is 0. The van der Waals surface area contributed by atoms with E-state index in [9.17, 15) is 9.59 Å². The van der Waals surface area contributed by atoms with Gasteiger partial charge in [0.2, 0.25) is 0 Å². The molecule has 0 unspecified atom stereocenters. The quantitative estimate of drug-likeness (QED) is 0.250. The topological polar surface area (TPSA) is 43.4 Å². The van der Waals surface area contributed by atoms with Gasteiger partial charge in [0.05, 0.1) is 12.5 Å². The van der Waals surface area contributed by atoms with E-state index in [1.165, 1.54) is 6.42 Å². The molecule has 1 fully saturated rings. The van der Waals surface area contributed by atoms with E-state index in [-0.39, 0.29) is 23.8 Å². The van der Waals surface area contributed by atoms with Crippen molar-refractivity contribution in [1.29, 1.82) is 0 Å². The molecule has 1 saturated carbocycles. The third-order valence-corrected chi connectivity index (χ3v) is 3.21. The van der Waals surface area contributed by atoms with E-state index in [0.717, 1.165) is 25.7 Å². The van der Waals surface area contributed by atoms with Crippen LogP contribution in [0.25, 0.3) is 0 Å². The van der Waals surface area contributed by atoms with Crippen molar-refractivity contribution < 1.29 is 14.3 Å². The second kappa shape index (κ2) is 7.49. The Morgan fingerprint density at radius 2 is 1.94 bits per heavy atom. The number of carbonyl (C=O) groups is 2. The molecule has 17 heavy (non-hydrogen) atoms. The van der Waals surface area contributed by atoms with Gasteiger partial charge in [0.15, 0.2) is 5.78 Å². The van der Waals surface area contributed by atoms with Crippen molar-refractivity contribution in [2.75, 3.05) is 12.5 Å². The van der Waals surface area contributed by atoms with E-state index >= 15 is 0 Å². The average molecular weight is 259 g/mol. The molecule has 3 nitrogen and oxygen atoms in total. The predicted octanol–water partition coefficient (Wildman–Crippen LogP) is 2.86. The van der Waals surface area contributed by atoms with Gasteiger partial charge < -0.3 is 4.74 Å². The molecule has 96 valence electrons. The van der Waals surface area contributed by atoms with Crippen molar-refractivity contribution >= 4 is 23.4 Å². The predicted molar refractivity (Wildman–Crippen MR) is 67.0 cm³/mol. The first-order chi connectivity index (χ1) is 8.19. The fourth-order valence-electron chi connectivity index (χ4n) is 2.09. The Kier molecular flexibility index (Phi) is 6.27. The second-order valence-electron chi connectivity index (χ2n) is 4.26. The molecule has 0 aromatic heterocycles. The molecule has 0 radical (unpaired) electrons. The molecule has 0 aromatic carbocycles. The number of hydrogen-bond donors (Lipinski definition) is 0. The number of ketones is 1. The Balaban J connectivity index is 2.76. The molecule has 1 aliphatic carbocycles. The van der Waals surface area contributed by atoms with E-state index in [1.807, 2.05) is 0 Å². The van der Waals surface area contributed by atoms with Crippen LogP contribution in [0.4, 0.5) is 0 Å². The molecular weight excluding hydrogens is 240 g/mol. The van der Waals surface area contributed by atoms with Crippen LogP contribution in [0.2, 0.25) is 0 Å². The first kappa shape index (κ1) is 14.2. The average Bonchev–Trinajstić information content (AvgIpc) is 2.36. The fourth-order valence-corrected chi connectivity index (χ4v) is 2.24. The number of alkyl halides is 1. The molecule has 4 heteroatoms. The van der Waals surface area contributed by atoms with Crippen LogP contribution in [0.3, 0.4) is 0 Å². The van der Waals surface area contributed by atoms with E-state index in [4.69, 9.17) is 16.3 Å². The van der Waals surface area contributed by atoms with Crippen molar-refractivity contribution in [2.45, 2.75) is 39.0 Å². The summed E-state index contributed by atoms with van der Waals surface area (Å²) in [6.45, 7) is 2.00. The Bertz CT molecular complexity index is 304. The van der Waals surface area contributed by atoms with E-state index in [1.54, 1.807) is 13.0 Å².